The molecule has 98 valence electrons. The third-order valence-electron chi connectivity index (χ3n) is 4.80. The summed E-state index contributed by atoms with van der Waals surface area (Å²) in [4.78, 5) is 13.8. The molecule has 2 saturated carbocycles. The van der Waals surface area contributed by atoms with Gasteiger partial charge < -0.3 is 4.90 Å². The van der Waals surface area contributed by atoms with Crippen LogP contribution in [0.4, 0.5) is 0 Å². The predicted molar refractivity (Wildman–Crippen MR) is 71.0 cm³/mol. The predicted octanol–water partition coefficient (Wildman–Crippen LogP) is 3.26. The number of carbonyl (C=O) groups is 1. The molecule has 2 heteroatoms. The summed E-state index contributed by atoms with van der Waals surface area (Å²) in [6.45, 7) is 0. The Labute approximate surface area is 106 Å². The van der Waals surface area contributed by atoms with Gasteiger partial charge in [-0.3, -0.25) is 4.79 Å². The topological polar surface area (TPSA) is 20.3 Å². The number of hydrogen-bond donors (Lipinski definition) is 0. The fourth-order valence-electron chi connectivity index (χ4n) is 4.01. The van der Waals surface area contributed by atoms with Gasteiger partial charge in [0.25, 0.3) is 0 Å². The highest BCUT2D eigenvalue weighted by molar-refractivity contribution is 5.79. The second kappa shape index (κ2) is 5.99. The summed E-state index contributed by atoms with van der Waals surface area (Å²) >= 11 is 0. The normalized spacial score (nSPS) is 26.4. The molecule has 17 heavy (non-hydrogen) atoms. The summed E-state index contributed by atoms with van der Waals surface area (Å²) in [5, 5.41) is 0. The van der Waals surface area contributed by atoms with Crippen LogP contribution in [0.2, 0.25) is 0 Å². The van der Waals surface area contributed by atoms with Crippen LogP contribution in [0.25, 0.3) is 0 Å². The standard InChI is InChI=1S/C15H27NO/c1-16(2)15(12-6-4-3-5-7-12)13-8-10-14(17)11-9-13/h12-13,15H,3-11H2,1-2H3. The molecular formula is C15H27NO. The molecule has 0 N–H and O–H groups in total. The van der Waals surface area contributed by atoms with E-state index in [0.717, 1.165) is 43.6 Å². The second-order valence-corrected chi connectivity index (χ2v) is 6.23. The van der Waals surface area contributed by atoms with Gasteiger partial charge in [-0.25, -0.2) is 0 Å². The number of carbonyl (C=O) groups excluding carboxylic acids is 1. The van der Waals surface area contributed by atoms with Gasteiger partial charge in [0.2, 0.25) is 0 Å². The Morgan fingerprint density at radius 3 is 2.00 bits per heavy atom. The van der Waals surface area contributed by atoms with Gasteiger partial charge in [0.15, 0.2) is 0 Å². The molecule has 0 radical (unpaired) electrons. The smallest absolute Gasteiger partial charge is 0.132 e. The zero-order chi connectivity index (χ0) is 12.3. The van der Waals surface area contributed by atoms with E-state index in [9.17, 15) is 4.79 Å². The molecule has 0 heterocycles. The average Bonchev–Trinajstić information content (AvgIpc) is 2.33. The van der Waals surface area contributed by atoms with Crippen LogP contribution in [-0.2, 0) is 4.79 Å². The molecule has 1 atom stereocenters. The van der Waals surface area contributed by atoms with Gasteiger partial charge in [0, 0.05) is 18.9 Å². The van der Waals surface area contributed by atoms with Crippen LogP contribution in [0.1, 0.15) is 57.8 Å². The number of hydrogen-bond acceptors (Lipinski definition) is 2. The third kappa shape index (κ3) is 3.31. The van der Waals surface area contributed by atoms with Crippen molar-refractivity contribution in [1.29, 1.82) is 0 Å². The minimum atomic E-state index is 0.488. The van der Waals surface area contributed by atoms with E-state index in [-0.39, 0.29) is 0 Å². The summed E-state index contributed by atoms with van der Waals surface area (Å²) in [5.74, 6) is 2.14. The largest absolute Gasteiger partial charge is 0.306 e. The summed E-state index contributed by atoms with van der Waals surface area (Å²) in [6.07, 6.45) is 11.0. The molecule has 0 bridgehead atoms. The first-order valence-corrected chi connectivity index (χ1v) is 7.36. The molecule has 1 unspecified atom stereocenters. The third-order valence-corrected chi connectivity index (χ3v) is 4.80. The van der Waals surface area contributed by atoms with Crippen LogP contribution >= 0.6 is 0 Å². The molecule has 2 rings (SSSR count). The highest BCUT2D eigenvalue weighted by Gasteiger charge is 2.33. The molecule has 2 aliphatic rings. The molecule has 0 saturated heterocycles. The van der Waals surface area contributed by atoms with Crippen molar-refractivity contribution in [2.45, 2.75) is 63.8 Å². The molecule has 0 spiro atoms. The van der Waals surface area contributed by atoms with Crippen molar-refractivity contribution in [2.24, 2.45) is 11.8 Å². The molecular weight excluding hydrogens is 210 g/mol. The minimum Gasteiger partial charge on any atom is -0.306 e. The lowest BCUT2D eigenvalue weighted by Gasteiger charge is -2.41. The zero-order valence-corrected chi connectivity index (χ0v) is 11.5. The maximum Gasteiger partial charge on any atom is 0.132 e. The van der Waals surface area contributed by atoms with Gasteiger partial charge in [-0.15, -0.1) is 0 Å². The molecule has 0 aromatic heterocycles. The van der Waals surface area contributed by atoms with Gasteiger partial charge in [0.1, 0.15) is 5.78 Å². The molecule has 0 amide bonds. The van der Waals surface area contributed by atoms with Crippen molar-refractivity contribution in [3.63, 3.8) is 0 Å². The van der Waals surface area contributed by atoms with Crippen molar-refractivity contribution in [2.75, 3.05) is 14.1 Å². The Kier molecular flexibility index (Phi) is 4.61. The van der Waals surface area contributed by atoms with E-state index in [1.165, 1.54) is 32.1 Å². The van der Waals surface area contributed by atoms with Crippen LogP contribution in [0.3, 0.4) is 0 Å². The van der Waals surface area contributed by atoms with E-state index in [2.05, 4.69) is 19.0 Å². The zero-order valence-electron chi connectivity index (χ0n) is 11.5. The molecule has 0 aromatic rings. The van der Waals surface area contributed by atoms with E-state index < -0.39 is 0 Å². The van der Waals surface area contributed by atoms with Gasteiger partial charge in [-0.1, -0.05) is 19.3 Å². The van der Waals surface area contributed by atoms with Crippen molar-refractivity contribution in [3.05, 3.63) is 0 Å². The quantitative estimate of drug-likeness (QED) is 0.751. The van der Waals surface area contributed by atoms with Gasteiger partial charge >= 0.3 is 0 Å². The molecule has 0 aliphatic heterocycles. The average molecular weight is 237 g/mol. The summed E-state index contributed by atoms with van der Waals surface area (Å²) in [6, 6.07) is 0.725. The summed E-state index contributed by atoms with van der Waals surface area (Å²) in [5.41, 5.74) is 0. The Balaban J connectivity index is 1.98. The highest BCUT2D eigenvalue weighted by Crippen LogP contribution is 2.36. The van der Waals surface area contributed by atoms with Crippen LogP contribution in [0.5, 0.6) is 0 Å². The Hall–Kier alpha value is -0.370. The lowest BCUT2D eigenvalue weighted by atomic mass is 9.73. The van der Waals surface area contributed by atoms with Crippen molar-refractivity contribution in [3.8, 4) is 0 Å². The maximum atomic E-state index is 11.4. The van der Waals surface area contributed by atoms with Crippen molar-refractivity contribution >= 4 is 5.78 Å². The molecule has 0 aromatic carbocycles. The Morgan fingerprint density at radius 2 is 1.47 bits per heavy atom. The number of Topliss-reactive ketones (excluding diaryl/α,β-unsaturated/α-hetero) is 1. The summed E-state index contributed by atoms with van der Waals surface area (Å²) in [7, 11) is 4.46. The van der Waals surface area contributed by atoms with Crippen LogP contribution in [0, 0.1) is 11.8 Å². The number of nitrogens with zero attached hydrogens (tertiary/aromatic N) is 1. The highest BCUT2D eigenvalue weighted by atomic mass is 16.1. The fraction of sp³-hybridized carbons (Fsp3) is 0.933. The maximum absolute atomic E-state index is 11.4. The SMILES string of the molecule is CN(C)C(C1CCCCC1)C1CCC(=O)CC1. The second-order valence-electron chi connectivity index (χ2n) is 6.23. The van der Waals surface area contributed by atoms with E-state index in [0.29, 0.717) is 5.78 Å². The van der Waals surface area contributed by atoms with E-state index in [1.54, 1.807) is 0 Å². The monoisotopic (exact) mass is 237 g/mol. The lowest BCUT2D eigenvalue weighted by molar-refractivity contribution is -0.121. The van der Waals surface area contributed by atoms with Crippen molar-refractivity contribution < 1.29 is 4.79 Å². The van der Waals surface area contributed by atoms with E-state index in [4.69, 9.17) is 0 Å². The minimum absolute atomic E-state index is 0.488. The first-order valence-electron chi connectivity index (χ1n) is 7.36. The lowest BCUT2D eigenvalue weighted by Crippen LogP contribution is -2.43. The van der Waals surface area contributed by atoms with Gasteiger partial charge in [0.05, 0.1) is 0 Å². The first kappa shape index (κ1) is 13.1. The van der Waals surface area contributed by atoms with Crippen molar-refractivity contribution in [1.82, 2.24) is 4.90 Å². The number of ketones is 1. The van der Waals surface area contributed by atoms with E-state index >= 15 is 0 Å². The van der Waals surface area contributed by atoms with Gasteiger partial charge in [-0.2, -0.15) is 0 Å². The van der Waals surface area contributed by atoms with Gasteiger partial charge in [-0.05, 0) is 51.6 Å². The summed E-state index contributed by atoms with van der Waals surface area (Å²) < 4.78 is 0. The number of rotatable bonds is 3. The van der Waals surface area contributed by atoms with Crippen LogP contribution in [0.15, 0.2) is 0 Å². The van der Waals surface area contributed by atoms with E-state index in [1.807, 2.05) is 0 Å². The van der Waals surface area contributed by atoms with Crippen LogP contribution in [-0.4, -0.2) is 30.8 Å². The first-order chi connectivity index (χ1) is 8.18. The Morgan fingerprint density at radius 1 is 0.941 bits per heavy atom. The molecule has 2 nitrogen and oxygen atoms in total. The fourth-order valence-corrected chi connectivity index (χ4v) is 4.01. The van der Waals surface area contributed by atoms with Crippen LogP contribution < -0.4 is 0 Å². The Bertz CT molecular complexity index is 246. The molecule has 2 fully saturated rings. The molecule has 2 aliphatic carbocycles.